The maximum atomic E-state index is 13.1. The van der Waals surface area contributed by atoms with Gasteiger partial charge in [0.05, 0.1) is 0 Å². The van der Waals surface area contributed by atoms with E-state index in [1.54, 1.807) is 0 Å². The van der Waals surface area contributed by atoms with Crippen LogP contribution in [0, 0.1) is 5.92 Å². The van der Waals surface area contributed by atoms with Crippen LogP contribution in [0.5, 0.6) is 0 Å². The first-order valence-corrected chi connectivity index (χ1v) is 9.87. The van der Waals surface area contributed by atoms with Crippen LogP contribution in [0.3, 0.4) is 0 Å². The summed E-state index contributed by atoms with van der Waals surface area (Å²) >= 11 is 0. The van der Waals surface area contributed by atoms with Crippen LogP contribution in [0.4, 0.5) is 0 Å². The molecule has 1 spiro atoms. The lowest BCUT2D eigenvalue weighted by Crippen LogP contribution is -2.72. The van der Waals surface area contributed by atoms with Crippen molar-refractivity contribution in [3.05, 3.63) is 11.8 Å². The van der Waals surface area contributed by atoms with E-state index in [2.05, 4.69) is 51.0 Å². The van der Waals surface area contributed by atoms with E-state index in [9.17, 15) is 9.59 Å². The maximum Gasteiger partial charge on any atom is 0.246 e. The van der Waals surface area contributed by atoms with Crippen molar-refractivity contribution in [2.24, 2.45) is 5.92 Å². The number of likely N-dealkylation sites (tertiary alicyclic amines) is 1. The Morgan fingerprint density at radius 2 is 1.92 bits per heavy atom. The highest BCUT2D eigenvalue weighted by atomic mass is 16.2. The SMILES string of the molecule is CCCN1C(=O)C(CC(C)C)NC(=O)C12CCN(/C=C(\C)CC)CC2. The number of carbonyl (C=O) groups is 2. The quantitative estimate of drug-likeness (QED) is 0.802. The Labute approximate surface area is 152 Å². The van der Waals surface area contributed by atoms with Crippen LogP contribution in [0.1, 0.15) is 66.7 Å². The Balaban J connectivity index is 2.18. The summed E-state index contributed by atoms with van der Waals surface area (Å²) in [6.07, 6.45) is 6.28. The Morgan fingerprint density at radius 3 is 2.44 bits per heavy atom. The molecule has 5 heteroatoms. The summed E-state index contributed by atoms with van der Waals surface area (Å²) in [6.45, 7) is 12.9. The van der Waals surface area contributed by atoms with Crippen molar-refractivity contribution in [3.63, 3.8) is 0 Å². The zero-order chi connectivity index (χ0) is 18.6. The molecule has 1 N–H and O–H groups in total. The average Bonchev–Trinajstić information content (AvgIpc) is 2.57. The van der Waals surface area contributed by atoms with Crippen molar-refractivity contribution in [1.82, 2.24) is 15.1 Å². The third-order valence-electron chi connectivity index (χ3n) is 5.55. The maximum absolute atomic E-state index is 13.1. The molecule has 2 fully saturated rings. The van der Waals surface area contributed by atoms with Crippen LogP contribution in [0.25, 0.3) is 0 Å². The van der Waals surface area contributed by atoms with Gasteiger partial charge in [0.15, 0.2) is 0 Å². The second-order valence-corrected chi connectivity index (χ2v) is 8.04. The largest absolute Gasteiger partial charge is 0.377 e. The molecular formula is C20H35N3O2. The van der Waals surface area contributed by atoms with Gasteiger partial charge in [0.2, 0.25) is 11.8 Å². The molecule has 0 bridgehead atoms. The molecule has 0 aromatic heterocycles. The predicted molar refractivity (Wildman–Crippen MR) is 101 cm³/mol. The number of nitrogens with zero attached hydrogens (tertiary/aromatic N) is 2. The number of rotatable bonds is 6. The van der Waals surface area contributed by atoms with Gasteiger partial charge in [-0.1, -0.05) is 33.3 Å². The first-order valence-electron chi connectivity index (χ1n) is 9.87. The normalized spacial score (nSPS) is 24.2. The second-order valence-electron chi connectivity index (χ2n) is 8.04. The van der Waals surface area contributed by atoms with E-state index in [0.29, 0.717) is 31.7 Å². The lowest BCUT2D eigenvalue weighted by Gasteiger charge is -2.51. The fourth-order valence-corrected chi connectivity index (χ4v) is 3.98. The number of carbonyl (C=O) groups excluding carboxylic acids is 2. The van der Waals surface area contributed by atoms with E-state index in [1.165, 1.54) is 5.57 Å². The summed E-state index contributed by atoms with van der Waals surface area (Å²) in [5, 5.41) is 3.05. The van der Waals surface area contributed by atoms with Crippen LogP contribution in [0.15, 0.2) is 11.8 Å². The van der Waals surface area contributed by atoms with E-state index >= 15 is 0 Å². The number of amides is 2. The van der Waals surface area contributed by atoms with Crippen LogP contribution >= 0.6 is 0 Å². The van der Waals surface area contributed by atoms with Gasteiger partial charge in [0, 0.05) is 19.6 Å². The fraction of sp³-hybridized carbons (Fsp3) is 0.800. The van der Waals surface area contributed by atoms with Gasteiger partial charge in [-0.05, 0) is 51.1 Å². The van der Waals surface area contributed by atoms with Gasteiger partial charge >= 0.3 is 0 Å². The monoisotopic (exact) mass is 349 g/mol. The number of piperidine rings is 1. The molecule has 142 valence electrons. The zero-order valence-corrected chi connectivity index (χ0v) is 16.6. The molecule has 0 aromatic carbocycles. The summed E-state index contributed by atoms with van der Waals surface area (Å²) in [4.78, 5) is 30.3. The molecule has 2 rings (SSSR count). The number of allylic oxidation sites excluding steroid dienone is 1. The molecular weight excluding hydrogens is 314 g/mol. The molecule has 2 amide bonds. The van der Waals surface area contributed by atoms with Gasteiger partial charge in [0.25, 0.3) is 0 Å². The lowest BCUT2D eigenvalue weighted by atomic mass is 9.81. The number of piperazine rings is 1. The minimum Gasteiger partial charge on any atom is -0.377 e. The van der Waals surface area contributed by atoms with Crippen molar-refractivity contribution in [2.45, 2.75) is 78.3 Å². The van der Waals surface area contributed by atoms with E-state index in [0.717, 1.165) is 25.9 Å². The van der Waals surface area contributed by atoms with E-state index < -0.39 is 5.54 Å². The second kappa shape index (κ2) is 8.24. The molecule has 1 unspecified atom stereocenters. The molecule has 1 atom stereocenters. The van der Waals surface area contributed by atoms with Crippen molar-refractivity contribution in [2.75, 3.05) is 19.6 Å². The first kappa shape index (κ1) is 19.8. The topological polar surface area (TPSA) is 52.7 Å². The van der Waals surface area contributed by atoms with Gasteiger partial charge in [-0.15, -0.1) is 0 Å². The highest BCUT2D eigenvalue weighted by molar-refractivity contribution is 6.00. The third-order valence-corrected chi connectivity index (χ3v) is 5.55. The van der Waals surface area contributed by atoms with Crippen molar-refractivity contribution < 1.29 is 9.59 Å². The standard InChI is InChI=1S/C20H35N3O2/c1-6-10-23-18(24)17(13-15(3)4)21-19(25)20(23)8-11-22(12-9-20)14-16(5)7-2/h14-15,17H,6-13H2,1-5H3,(H,21,25)/b16-14+. The molecule has 2 heterocycles. The van der Waals surface area contributed by atoms with Crippen molar-refractivity contribution in [1.29, 1.82) is 0 Å². The Bertz CT molecular complexity index is 519. The third kappa shape index (κ3) is 4.18. The minimum absolute atomic E-state index is 0.0574. The molecule has 2 aliphatic rings. The summed E-state index contributed by atoms with van der Waals surface area (Å²) in [7, 11) is 0. The smallest absolute Gasteiger partial charge is 0.246 e. The Kier molecular flexibility index (Phi) is 6.53. The number of hydrogen-bond donors (Lipinski definition) is 1. The summed E-state index contributed by atoms with van der Waals surface area (Å²) in [5.74, 6) is 0.557. The highest BCUT2D eigenvalue weighted by Crippen LogP contribution is 2.34. The molecule has 0 radical (unpaired) electrons. The van der Waals surface area contributed by atoms with Crippen LogP contribution in [0.2, 0.25) is 0 Å². The summed E-state index contributed by atoms with van der Waals surface area (Å²) in [5.41, 5.74) is 0.702. The van der Waals surface area contributed by atoms with Gasteiger partial charge < -0.3 is 15.1 Å². The van der Waals surface area contributed by atoms with E-state index in [1.807, 2.05) is 4.90 Å². The van der Waals surface area contributed by atoms with Crippen molar-refractivity contribution >= 4 is 11.8 Å². The Morgan fingerprint density at radius 1 is 1.28 bits per heavy atom. The van der Waals surface area contributed by atoms with Gasteiger partial charge in [-0.2, -0.15) is 0 Å². The molecule has 25 heavy (non-hydrogen) atoms. The van der Waals surface area contributed by atoms with Gasteiger partial charge in [0.1, 0.15) is 11.6 Å². The lowest BCUT2D eigenvalue weighted by molar-refractivity contribution is -0.161. The molecule has 0 saturated carbocycles. The number of hydrogen-bond acceptors (Lipinski definition) is 3. The minimum atomic E-state index is -0.648. The molecule has 2 aliphatic heterocycles. The summed E-state index contributed by atoms with van der Waals surface area (Å²) < 4.78 is 0. The highest BCUT2D eigenvalue weighted by Gasteiger charge is 2.53. The number of nitrogens with one attached hydrogen (secondary N) is 1. The zero-order valence-electron chi connectivity index (χ0n) is 16.6. The summed E-state index contributed by atoms with van der Waals surface area (Å²) in [6, 6.07) is -0.357. The first-order chi connectivity index (χ1) is 11.8. The van der Waals surface area contributed by atoms with E-state index in [-0.39, 0.29) is 17.9 Å². The fourth-order valence-electron chi connectivity index (χ4n) is 3.98. The predicted octanol–water partition coefficient (Wildman–Crippen LogP) is 2.92. The van der Waals surface area contributed by atoms with Crippen LogP contribution < -0.4 is 5.32 Å². The average molecular weight is 350 g/mol. The van der Waals surface area contributed by atoms with E-state index in [4.69, 9.17) is 0 Å². The Hall–Kier alpha value is -1.52. The van der Waals surface area contributed by atoms with Crippen LogP contribution in [-0.2, 0) is 9.59 Å². The molecule has 2 saturated heterocycles. The molecule has 0 aliphatic carbocycles. The molecule has 5 nitrogen and oxygen atoms in total. The van der Waals surface area contributed by atoms with Crippen molar-refractivity contribution in [3.8, 4) is 0 Å². The van der Waals surface area contributed by atoms with Gasteiger partial charge in [-0.3, -0.25) is 9.59 Å². The molecule has 0 aromatic rings. The van der Waals surface area contributed by atoms with Crippen LogP contribution in [-0.4, -0.2) is 52.8 Å². The van der Waals surface area contributed by atoms with Gasteiger partial charge in [-0.25, -0.2) is 0 Å².